The number of ether oxygens (including phenoxy) is 6. The molecule has 2 bridgehead atoms. The van der Waals surface area contributed by atoms with Crippen molar-refractivity contribution in [1.82, 2.24) is 4.90 Å². The summed E-state index contributed by atoms with van der Waals surface area (Å²) in [6.45, 7) is 11.4. The van der Waals surface area contributed by atoms with Crippen LogP contribution in [0, 0.1) is 29.6 Å². The van der Waals surface area contributed by atoms with Crippen molar-refractivity contribution in [1.29, 1.82) is 0 Å². The number of esters is 1. The minimum absolute atomic E-state index is 0. The van der Waals surface area contributed by atoms with E-state index in [9.17, 15) is 34.5 Å². The van der Waals surface area contributed by atoms with E-state index in [0.29, 0.717) is 50.5 Å². The number of hydrogen-bond donors (Lipinski definition) is 3. The number of rotatable bonds is 9. The van der Waals surface area contributed by atoms with Gasteiger partial charge in [0.05, 0.1) is 43.7 Å². The molecular weight excluding hydrogens is 790 g/mol. The number of carbonyl (C=O) groups is 4. The number of amides is 1. The Balaban J connectivity index is 0.00000641. The summed E-state index contributed by atoms with van der Waals surface area (Å²) in [5.74, 6) is -7.50. The highest BCUT2D eigenvalue weighted by molar-refractivity contribution is 6.39. The number of methoxy groups -OCH3 is 3. The molecular formula is C46H79NO14. The predicted molar refractivity (Wildman–Crippen MR) is 229 cm³/mol. The quantitative estimate of drug-likeness (QED) is 0.168. The molecule has 0 unspecified atom stereocenters. The number of Topliss-reactive ketones (excluding diaryl/α,β-unsaturated/α-hetero) is 2. The summed E-state index contributed by atoms with van der Waals surface area (Å²) in [5, 5.41) is 33.1. The highest BCUT2D eigenvalue weighted by Crippen LogP contribution is 2.39. The molecule has 0 aromatic heterocycles. The van der Waals surface area contributed by atoms with Gasteiger partial charge in [0.25, 0.3) is 11.7 Å². The van der Waals surface area contributed by atoms with Crippen LogP contribution in [0.25, 0.3) is 0 Å². The van der Waals surface area contributed by atoms with Gasteiger partial charge in [-0.05, 0) is 95.5 Å². The van der Waals surface area contributed by atoms with Crippen LogP contribution in [0.4, 0.5) is 0 Å². The maximum Gasteiger partial charge on any atom is 0.329 e. The first kappa shape index (κ1) is 54.5. The Morgan fingerprint density at radius 3 is 2.21 bits per heavy atom. The average molecular weight is 870 g/mol. The Bertz CT molecular complexity index is 1490. The van der Waals surface area contributed by atoms with Crippen LogP contribution in [-0.4, -0.2) is 145 Å². The minimum atomic E-state index is -2.51. The van der Waals surface area contributed by atoms with Crippen LogP contribution in [0.1, 0.15) is 120 Å². The Labute approximate surface area is 364 Å². The summed E-state index contributed by atoms with van der Waals surface area (Å²) in [4.78, 5) is 57.9. The van der Waals surface area contributed by atoms with Crippen molar-refractivity contribution in [3.05, 3.63) is 23.3 Å². The van der Waals surface area contributed by atoms with Crippen molar-refractivity contribution in [2.75, 3.05) is 41.1 Å². The van der Waals surface area contributed by atoms with Crippen molar-refractivity contribution in [2.24, 2.45) is 29.6 Å². The van der Waals surface area contributed by atoms with Crippen molar-refractivity contribution in [2.45, 2.75) is 174 Å². The normalized spacial score (nSPS) is 38.8. The molecule has 1 amide bonds. The highest BCUT2D eigenvalue weighted by atomic mass is 16.7. The van der Waals surface area contributed by atoms with Crippen molar-refractivity contribution in [3.8, 4) is 0 Å². The molecule has 5 N–H and O–H groups in total. The van der Waals surface area contributed by atoms with E-state index in [1.54, 1.807) is 21.0 Å². The first-order chi connectivity index (χ1) is 28.0. The highest BCUT2D eigenvalue weighted by Gasteiger charge is 2.56. The van der Waals surface area contributed by atoms with E-state index in [0.717, 1.165) is 12.0 Å². The maximum atomic E-state index is 14.4. The molecule has 61 heavy (non-hydrogen) atoms. The molecule has 3 aliphatic heterocycles. The zero-order chi connectivity index (χ0) is 43.6. The third-order valence-corrected chi connectivity index (χ3v) is 13.3. The van der Waals surface area contributed by atoms with Crippen molar-refractivity contribution >= 4 is 23.4 Å². The molecule has 1 aliphatic carbocycles. The number of aliphatic hydroxyl groups excluding tert-OH is 2. The van der Waals surface area contributed by atoms with Gasteiger partial charge in [-0.3, -0.25) is 14.4 Å². The molecule has 1 saturated carbocycles. The van der Waals surface area contributed by atoms with Gasteiger partial charge in [0.1, 0.15) is 24.0 Å². The fraction of sp³-hybridized carbons (Fsp3) is 0.826. The molecule has 3 fully saturated rings. The van der Waals surface area contributed by atoms with Gasteiger partial charge in [-0.15, -0.1) is 0 Å². The number of allylic oxidation sites excluding steroid dienone is 3. The maximum absolute atomic E-state index is 14.4. The molecule has 14 atom stereocenters. The summed E-state index contributed by atoms with van der Waals surface area (Å²) < 4.78 is 35.9. The molecule has 3 heterocycles. The fourth-order valence-electron chi connectivity index (χ4n) is 9.77. The molecule has 0 aromatic rings. The summed E-state index contributed by atoms with van der Waals surface area (Å²) in [5.41, 5.74) is 1.67. The van der Waals surface area contributed by atoms with Gasteiger partial charge in [-0.2, -0.15) is 0 Å². The minimum Gasteiger partial charge on any atom is -0.456 e. The lowest BCUT2D eigenvalue weighted by atomic mass is 9.81. The molecule has 2 saturated heterocycles. The first-order valence-electron chi connectivity index (χ1n) is 21.9. The third kappa shape index (κ3) is 13.5. The largest absolute Gasteiger partial charge is 0.456 e. The molecule has 15 heteroatoms. The molecule has 15 nitrogen and oxygen atoms in total. The summed E-state index contributed by atoms with van der Waals surface area (Å²) in [6, 6.07) is -1.14. The van der Waals surface area contributed by atoms with Gasteiger partial charge in [-0.25, -0.2) is 4.79 Å². The number of piperidine rings is 1. The lowest BCUT2D eigenvalue weighted by Crippen LogP contribution is -2.64. The smallest absolute Gasteiger partial charge is 0.329 e. The topological polar surface area (TPSA) is 219 Å². The van der Waals surface area contributed by atoms with Crippen LogP contribution in [0.3, 0.4) is 0 Å². The predicted octanol–water partition coefficient (Wildman–Crippen LogP) is 4.30. The van der Waals surface area contributed by atoms with E-state index in [1.807, 2.05) is 32.9 Å². The van der Waals surface area contributed by atoms with Crippen LogP contribution in [0.5, 0.6) is 0 Å². The van der Waals surface area contributed by atoms with Crippen LogP contribution in [0.2, 0.25) is 0 Å². The molecule has 0 aromatic carbocycles. The number of hydrogen-bond acceptors (Lipinski definition) is 13. The fourth-order valence-corrected chi connectivity index (χ4v) is 9.77. The monoisotopic (exact) mass is 870 g/mol. The molecule has 0 radical (unpaired) electrons. The van der Waals surface area contributed by atoms with Crippen molar-refractivity contribution in [3.63, 3.8) is 0 Å². The second kappa shape index (κ2) is 25.0. The van der Waals surface area contributed by atoms with Crippen LogP contribution in [-0.2, 0) is 47.6 Å². The summed E-state index contributed by atoms with van der Waals surface area (Å²) in [6.07, 6.45) is 4.54. The summed E-state index contributed by atoms with van der Waals surface area (Å²) >= 11 is 0. The van der Waals surface area contributed by atoms with E-state index in [4.69, 9.17) is 28.4 Å². The molecule has 0 spiro atoms. The standard InChI is InChI=1S/C45H73NO13.CH4.H2O/c1-10-32-20-26(2)19-27(3)21-38(55-8)41-39(56-9)23-29(5)45(53,59-41)42(50)43(51)46-16-12-11-13-33(46)44(52)58-40(30(6)34(48)25-35(32)49)28(4)22-31-14-15-36(57-18-17-47)37(24-31)54-7;;/h20,22,27,29-34,36-41,47-48,53H,10-19,21,23-25H2,1-9H3;1H4;1H2/b26-20+,28-22+;;/t27-,29+,30+,31-,32+,33-,34-,36+,37+,38-,39-,40+,41+,45+;;/m0../s1. The van der Waals surface area contributed by atoms with Gasteiger partial charge >= 0.3 is 5.97 Å². The van der Waals surface area contributed by atoms with Gasteiger partial charge in [-0.1, -0.05) is 52.8 Å². The van der Waals surface area contributed by atoms with Gasteiger partial charge in [0.2, 0.25) is 5.79 Å². The third-order valence-electron chi connectivity index (χ3n) is 13.3. The van der Waals surface area contributed by atoms with Crippen molar-refractivity contribution < 1.29 is 68.4 Å². The van der Waals surface area contributed by atoms with Gasteiger partial charge in [0.15, 0.2) is 0 Å². The zero-order valence-electron chi connectivity index (χ0n) is 37.4. The second-order valence-corrected chi connectivity index (χ2v) is 17.7. The Kier molecular flexibility index (Phi) is 22.4. The lowest BCUT2D eigenvalue weighted by Gasteiger charge is -2.47. The first-order valence-corrected chi connectivity index (χ1v) is 21.9. The number of carbonyl (C=O) groups excluding carboxylic acids is 4. The molecule has 352 valence electrons. The van der Waals surface area contributed by atoms with E-state index in [-0.39, 0.29) is 81.8 Å². The Morgan fingerprint density at radius 2 is 1.59 bits per heavy atom. The molecule has 4 rings (SSSR count). The second-order valence-electron chi connectivity index (χ2n) is 17.7. The Morgan fingerprint density at radius 1 is 0.934 bits per heavy atom. The number of cyclic esters (lactones) is 1. The summed E-state index contributed by atoms with van der Waals surface area (Å²) in [7, 11) is 4.69. The van der Waals surface area contributed by atoms with E-state index < -0.39 is 77.8 Å². The number of ketones is 2. The van der Waals surface area contributed by atoms with Crippen LogP contribution in [0.15, 0.2) is 23.3 Å². The lowest BCUT2D eigenvalue weighted by molar-refractivity contribution is -0.302. The van der Waals surface area contributed by atoms with Gasteiger partial charge in [0, 0.05) is 52.0 Å². The zero-order valence-corrected chi connectivity index (χ0v) is 37.4. The van der Waals surface area contributed by atoms with E-state index >= 15 is 0 Å². The average Bonchev–Trinajstić information content (AvgIpc) is 3.22. The molecule has 4 aliphatic rings. The Hall–Kier alpha value is -2.60. The number of fused-ring (bicyclic) bond motifs is 3. The number of nitrogens with zero attached hydrogens (tertiary/aromatic N) is 1. The number of aliphatic hydroxyl groups is 3. The van der Waals surface area contributed by atoms with E-state index in [1.165, 1.54) is 19.1 Å². The van der Waals surface area contributed by atoms with E-state index in [2.05, 4.69) is 6.92 Å². The van der Waals surface area contributed by atoms with Gasteiger partial charge < -0.3 is 54.1 Å². The van der Waals surface area contributed by atoms with Crippen LogP contribution >= 0.6 is 0 Å². The SMILES string of the molecule is C.CC[C@@H]1/C=C(\C)C[C@H](C)C[C@H](OC)[C@H]2O[C@@](O)(C(=O)C(=O)N3CCCC[C@H]3C(=O)O[C@H](/C(C)=C/[C@@H]3CC[C@@H](OCCO)[C@H](OC)C3)[C@H](C)[C@@H](O)CC1=O)[C@H](C)C[C@@H]2OC.O. The van der Waals surface area contributed by atoms with Crippen LogP contribution < -0.4 is 0 Å².